The first-order valence-corrected chi connectivity index (χ1v) is 6.34. The van der Waals surface area contributed by atoms with Crippen LogP contribution in [0.5, 0.6) is 0 Å². The lowest BCUT2D eigenvalue weighted by Gasteiger charge is -2.20. The maximum Gasteiger partial charge on any atom is 0.326 e. The highest BCUT2D eigenvalue weighted by atomic mass is 16.4. The van der Waals surface area contributed by atoms with Crippen molar-refractivity contribution < 1.29 is 14.7 Å². The molecule has 2 amide bonds. The van der Waals surface area contributed by atoms with E-state index in [4.69, 9.17) is 5.11 Å². The third-order valence-corrected chi connectivity index (χ3v) is 3.36. The Bertz CT molecular complexity index is 281. The number of carbonyl (C=O) groups is 2. The van der Waals surface area contributed by atoms with Gasteiger partial charge in [0.2, 0.25) is 0 Å². The Labute approximate surface area is 102 Å². The molecule has 1 rings (SSSR count). The number of aliphatic carboxylic acids is 1. The highest BCUT2D eigenvalue weighted by molar-refractivity contribution is 5.82. The van der Waals surface area contributed by atoms with Crippen molar-refractivity contribution in [2.75, 3.05) is 0 Å². The summed E-state index contributed by atoms with van der Waals surface area (Å²) in [7, 11) is 0. The normalized spacial score (nSPS) is 25.3. The fraction of sp³-hybridized carbons (Fsp3) is 0.833. The lowest BCUT2D eigenvalue weighted by Crippen LogP contribution is -2.49. The number of nitrogens with one attached hydrogen (secondary N) is 2. The molecular weight excluding hydrogens is 220 g/mol. The van der Waals surface area contributed by atoms with Crippen molar-refractivity contribution in [2.24, 2.45) is 5.92 Å². The van der Waals surface area contributed by atoms with E-state index in [1.165, 1.54) is 0 Å². The van der Waals surface area contributed by atoms with Gasteiger partial charge in [-0.1, -0.05) is 26.7 Å². The highest BCUT2D eigenvalue weighted by Crippen LogP contribution is 2.24. The van der Waals surface area contributed by atoms with Crippen molar-refractivity contribution in [3.8, 4) is 0 Å². The van der Waals surface area contributed by atoms with Crippen LogP contribution in [0, 0.1) is 5.92 Å². The lowest BCUT2D eigenvalue weighted by atomic mass is 10.1. The Morgan fingerprint density at radius 2 is 2.12 bits per heavy atom. The van der Waals surface area contributed by atoms with Crippen LogP contribution in [0.2, 0.25) is 0 Å². The van der Waals surface area contributed by atoms with Crippen LogP contribution in [0.1, 0.15) is 46.0 Å². The van der Waals surface area contributed by atoms with Crippen molar-refractivity contribution in [1.29, 1.82) is 0 Å². The van der Waals surface area contributed by atoms with Crippen molar-refractivity contribution in [3.63, 3.8) is 0 Å². The molecule has 0 spiro atoms. The van der Waals surface area contributed by atoms with E-state index in [-0.39, 0.29) is 12.1 Å². The number of hydrogen-bond donors (Lipinski definition) is 3. The van der Waals surface area contributed by atoms with E-state index in [0.29, 0.717) is 12.3 Å². The molecule has 0 aromatic carbocycles. The molecule has 5 heteroatoms. The van der Waals surface area contributed by atoms with Gasteiger partial charge in [-0.3, -0.25) is 0 Å². The summed E-state index contributed by atoms with van der Waals surface area (Å²) in [6, 6.07) is -0.951. The van der Waals surface area contributed by atoms with E-state index >= 15 is 0 Å². The molecule has 3 atom stereocenters. The topological polar surface area (TPSA) is 78.4 Å². The molecule has 0 bridgehead atoms. The van der Waals surface area contributed by atoms with Crippen LogP contribution in [0.25, 0.3) is 0 Å². The molecular formula is C12H22N2O3. The predicted octanol–water partition coefficient (Wildman–Crippen LogP) is 1.73. The van der Waals surface area contributed by atoms with E-state index in [0.717, 1.165) is 25.7 Å². The summed E-state index contributed by atoms with van der Waals surface area (Å²) in [5.41, 5.74) is 0. The van der Waals surface area contributed by atoms with Gasteiger partial charge in [0.05, 0.1) is 0 Å². The number of urea groups is 1. The zero-order chi connectivity index (χ0) is 12.8. The third-order valence-electron chi connectivity index (χ3n) is 3.36. The summed E-state index contributed by atoms with van der Waals surface area (Å²) in [6.45, 7) is 4.01. The van der Waals surface area contributed by atoms with Gasteiger partial charge >= 0.3 is 12.0 Å². The predicted molar refractivity (Wildman–Crippen MR) is 64.8 cm³/mol. The molecule has 0 heterocycles. The second kappa shape index (κ2) is 6.47. The highest BCUT2D eigenvalue weighted by Gasteiger charge is 2.26. The van der Waals surface area contributed by atoms with Crippen LogP contribution in [-0.4, -0.2) is 29.2 Å². The second-order valence-electron chi connectivity index (χ2n) is 4.81. The SMILES string of the molecule is CCCC(NC(=O)NC1CCCC1C)C(=O)O. The molecule has 1 saturated carbocycles. The Morgan fingerprint density at radius 3 is 2.59 bits per heavy atom. The quantitative estimate of drug-likeness (QED) is 0.687. The molecule has 1 fully saturated rings. The summed E-state index contributed by atoms with van der Waals surface area (Å²) >= 11 is 0. The first-order valence-electron chi connectivity index (χ1n) is 6.34. The van der Waals surface area contributed by atoms with E-state index < -0.39 is 12.0 Å². The first-order chi connectivity index (χ1) is 8.04. The molecule has 0 aromatic rings. The minimum Gasteiger partial charge on any atom is -0.480 e. The van der Waals surface area contributed by atoms with Gasteiger partial charge in [0.25, 0.3) is 0 Å². The van der Waals surface area contributed by atoms with Crippen molar-refractivity contribution in [3.05, 3.63) is 0 Å². The minimum absolute atomic E-state index is 0.186. The van der Waals surface area contributed by atoms with Gasteiger partial charge in [0.15, 0.2) is 0 Å². The summed E-state index contributed by atoms with van der Waals surface area (Å²) in [5, 5.41) is 14.3. The minimum atomic E-state index is -0.971. The first kappa shape index (κ1) is 13.8. The summed E-state index contributed by atoms with van der Waals surface area (Å²) < 4.78 is 0. The van der Waals surface area contributed by atoms with Gasteiger partial charge in [0, 0.05) is 6.04 Å². The number of rotatable bonds is 5. The fourth-order valence-electron chi connectivity index (χ4n) is 2.27. The van der Waals surface area contributed by atoms with E-state index in [9.17, 15) is 9.59 Å². The van der Waals surface area contributed by atoms with Crippen LogP contribution in [0.3, 0.4) is 0 Å². The van der Waals surface area contributed by atoms with Gasteiger partial charge in [0.1, 0.15) is 6.04 Å². The number of carboxylic acids is 1. The lowest BCUT2D eigenvalue weighted by molar-refractivity contribution is -0.139. The molecule has 3 N–H and O–H groups in total. The molecule has 17 heavy (non-hydrogen) atoms. The Hall–Kier alpha value is -1.26. The number of amides is 2. The molecule has 1 aliphatic carbocycles. The summed E-state index contributed by atoms with van der Waals surface area (Å²) in [6.07, 6.45) is 4.44. The Morgan fingerprint density at radius 1 is 1.41 bits per heavy atom. The number of hydrogen-bond acceptors (Lipinski definition) is 2. The van der Waals surface area contributed by atoms with Crippen LogP contribution < -0.4 is 10.6 Å². The van der Waals surface area contributed by atoms with E-state index in [1.807, 2.05) is 6.92 Å². The van der Waals surface area contributed by atoms with E-state index in [1.54, 1.807) is 0 Å². The molecule has 0 aromatic heterocycles. The van der Waals surface area contributed by atoms with E-state index in [2.05, 4.69) is 17.6 Å². The number of carboxylic acid groups (broad SMARTS) is 1. The second-order valence-corrected chi connectivity index (χ2v) is 4.81. The zero-order valence-electron chi connectivity index (χ0n) is 10.5. The molecule has 0 aliphatic heterocycles. The fourth-order valence-corrected chi connectivity index (χ4v) is 2.27. The van der Waals surface area contributed by atoms with Crippen LogP contribution in [-0.2, 0) is 4.79 Å². The van der Waals surface area contributed by atoms with Crippen LogP contribution >= 0.6 is 0 Å². The smallest absolute Gasteiger partial charge is 0.326 e. The van der Waals surface area contributed by atoms with Crippen molar-refractivity contribution >= 4 is 12.0 Å². The zero-order valence-corrected chi connectivity index (χ0v) is 10.5. The molecule has 98 valence electrons. The van der Waals surface area contributed by atoms with Gasteiger partial charge in [-0.2, -0.15) is 0 Å². The summed E-state index contributed by atoms with van der Waals surface area (Å²) in [4.78, 5) is 22.5. The van der Waals surface area contributed by atoms with Gasteiger partial charge in [-0.15, -0.1) is 0 Å². The number of carbonyl (C=O) groups excluding carboxylic acids is 1. The van der Waals surface area contributed by atoms with Crippen LogP contribution in [0.4, 0.5) is 4.79 Å². The Kier molecular flexibility index (Phi) is 5.25. The molecule has 0 radical (unpaired) electrons. The average Bonchev–Trinajstić information content (AvgIpc) is 2.63. The van der Waals surface area contributed by atoms with Crippen molar-refractivity contribution in [2.45, 2.75) is 58.0 Å². The van der Waals surface area contributed by atoms with Crippen LogP contribution in [0.15, 0.2) is 0 Å². The average molecular weight is 242 g/mol. The molecule has 3 unspecified atom stereocenters. The van der Waals surface area contributed by atoms with Gasteiger partial charge in [-0.05, 0) is 25.2 Å². The Balaban J connectivity index is 2.39. The monoisotopic (exact) mass is 242 g/mol. The van der Waals surface area contributed by atoms with Crippen molar-refractivity contribution in [1.82, 2.24) is 10.6 Å². The largest absolute Gasteiger partial charge is 0.480 e. The maximum atomic E-state index is 11.6. The maximum absolute atomic E-state index is 11.6. The third kappa shape index (κ3) is 4.24. The summed E-state index contributed by atoms with van der Waals surface area (Å²) in [5.74, 6) is -0.489. The molecule has 1 aliphatic rings. The standard InChI is InChI=1S/C12H22N2O3/c1-3-5-10(11(15)16)14-12(17)13-9-7-4-6-8(9)2/h8-10H,3-7H2,1-2H3,(H,15,16)(H2,13,14,17). The molecule has 5 nitrogen and oxygen atoms in total. The molecule has 0 saturated heterocycles. The van der Waals surface area contributed by atoms with Gasteiger partial charge in [-0.25, -0.2) is 9.59 Å². The van der Waals surface area contributed by atoms with Gasteiger partial charge < -0.3 is 15.7 Å².